The molecule has 1 fully saturated rings. The first-order valence-corrected chi connectivity index (χ1v) is 11.8. The predicted molar refractivity (Wildman–Crippen MR) is 132 cm³/mol. The summed E-state index contributed by atoms with van der Waals surface area (Å²) in [5.74, 6) is -0.959. The summed E-state index contributed by atoms with van der Waals surface area (Å²) < 4.78 is 34.1. The Labute approximate surface area is 206 Å². The highest BCUT2D eigenvalue weighted by Gasteiger charge is 2.23. The van der Waals surface area contributed by atoms with Crippen LogP contribution in [0.3, 0.4) is 0 Å². The molecule has 0 aliphatic carbocycles. The average molecular weight is 493 g/mol. The van der Waals surface area contributed by atoms with E-state index in [-0.39, 0.29) is 17.7 Å². The van der Waals surface area contributed by atoms with E-state index < -0.39 is 11.6 Å². The van der Waals surface area contributed by atoms with E-state index in [2.05, 4.69) is 38.9 Å². The summed E-state index contributed by atoms with van der Waals surface area (Å²) in [4.78, 5) is 21.5. The van der Waals surface area contributed by atoms with Crippen LogP contribution in [0.1, 0.15) is 19.4 Å². The number of hydrogen-bond acceptors (Lipinski definition) is 7. The number of anilines is 1. The molecule has 0 atom stereocenters. The van der Waals surface area contributed by atoms with Gasteiger partial charge in [-0.05, 0) is 43.7 Å². The molecule has 0 amide bonds. The van der Waals surface area contributed by atoms with Crippen LogP contribution < -0.4 is 10.5 Å². The fraction of sp³-hybridized carbons (Fsp3) is 0.308. The smallest absolute Gasteiger partial charge is 0.322 e. The van der Waals surface area contributed by atoms with Gasteiger partial charge in [0.05, 0.1) is 12.2 Å². The van der Waals surface area contributed by atoms with Gasteiger partial charge >= 0.3 is 6.01 Å². The zero-order chi connectivity index (χ0) is 25.2. The van der Waals surface area contributed by atoms with E-state index in [1.165, 1.54) is 28.9 Å². The molecule has 3 heterocycles. The molecule has 1 aliphatic rings. The zero-order valence-corrected chi connectivity index (χ0v) is 20.1. The lowest BCUT2D eigenvalue weighted by atomic mass is 10.1. The van der Waals surface area contributed by atoms with Crippen LogP contribution in [-0.4, -0.2) is 57.0 Å². The number of nitrogens with zero attached hydrogens (tertiary/aromatic N) is 6. The van der Waals surface area contributed by atoms with Crippen molar-refractivity contribution in [2.24, 2.45) is 0 Å². The third kappa shape index (κ3) is 5.18. The van der Waals surface area contributed by atoms with Crippen LogP contribution in [0.4, 0.5) is 14.8 Å². The molecule has 1 saturated heterocycles. The third-order valence-electron chi connectivity index (χ3n) is 6.27. The van der Waals surface area contributed by atoms with E-state index in [0.717, 1.165) is 43.4 Å². The number of aromatic nitrogens is 4. The second-order valence-electron chi connectivity index (χ2n) is 9.09. The minimum atomic E-state index is -0.710. The molecule has 0 unspecified atom stereocenters. The van der Waals surface area contributed by atoms with Gasteiger partial charge < -0.3 is 9.42 Å². The molecule has 0 bridgehead atoms. The summed E-state index contributed by atoms with van der Waals surface area (Å²) in [5.41, 5.74) is 1.76. The van der Waals surface area contributed by atoms with Crippen molar-refractivity contribution in [3.05, 3.63) is 82.1 Å². The molecular formula is C26H26F2N6O2. The van der Waals surface area contributed by atoms with Gasteiger partial charge in [-0.1, -0.05) is 23.4 Å². The molecule has 4 aromatic rings. The van der Waals surface area contributed by atoms with E-state index in [0.29, 0.717) is 23.6 Å². The second-order valence-corrected chi connectivity index (χ2v) is 9.09. The van der Waals surface area contributed by atoms with Crippen LogP contribution >= 0.6 is 0 Å². The van der Waals surface area contributed by atoms with Crippen molar-refractivity contribution < 1.29 is 13.3 Å². The largest absolute Gasteiger partial charge is 0.324 e. The first-order chi connectivity index (χ1) is 17.4. The van der Waals surface area contributed by atoms with Crippen LogP contribution in [0.15, 0.2) is 63.9 Å². The van der Waals surface area contributed by atoms with Crippen LogP contribution in [0.2, 0.25) is 0 Å². The number of hydrogen-bond donors (Lipinski definition) is 0. The predicted octanol–water partition coefficient (Wildman–Crippen LogP) is 3.82. The normalized spacial score (nSPS) is 14.5. The molecule has 5 rings (SSSR count). The Bertz CT molecular complexity index is 1410. The molecule has 8 nitrogen and oxygen atoms in total. The molecule has 0 N–H and O–H groups in total. The highest BCUT2D eigenvalue weighted by Crippen LogP contribution is 2.23. The molecule has 0 saturated carbocycles. The maximum absolute atomic E-state index is 13.7. The summed E-state index contributed by atoms with van der Waals surface area (Å²) in [5, 5.41) is 8.47. The maximum atomic E-state index is 13.7. The Kier molecular flexibility index (Phi) is 6.60. The van der Waals surface area contributed by atoms with Crippen molar-refractivity contribution in [2.45, 2.75) is 26.4 Å². The third-order valence-corrected chi connectivity index (χ3v) is 6.27. The van der Waals surface area contributed by atoms with Gasteiger partial charge in [-0.3, -0.25) is 9.69 Å². The quantitative estimate of drug-likeness (QED) is 0.405. The molecule has 10 heteroatoms. The molecule has 36 heavy (non-hydrogen) atoms. The van der Waals surface area contributed by atoms with E-state index in [4.69, 9.17) is 4.52 Å². The van der Waals surface area contributed by atoms with Gasteiger partial charge in [0.25, 0.3) is 5.56 Å². The zero-order valence-electron chi connectivity index (χ0n) is 20.1. The van der Waals surface area contributed by atoms with Crippen molar-refractivity contribution in [3.8, 4) is 22.6 Å². The second kappa shape index (κ2) is 9.98. The van der Waals surface area contributed by atoms with Crippen molar-refractivity contribution in [1.29, 1.82) is 0 Å². The van der Waals surface area contributed by atoms with Crippen molar-refractivity contribution in [1.82, 2.24) is 24.8 Å². The molecular weight excluding hydrogens is 466 g/mol. The van der Waals surface area contributed by atoms with E-state index >= 15 is 0 Å². The number of rotatable bonds is 6. The Morgan fingerprint density at radius 1 is 0.944 bits per heavy atom. The average Bonchev–Trinajstić information content (AvgIpc) is 3.35. The summed E-state index contributed by atoms with van der Waals surface area (Å²) in [7, 11) is 0. The summed E-state index contributed by atoms with van der Waals surface area (Å²) in [6.07, 6.45) is 0. The molecule has 2 aromatic carbocycles. The monoisotopic (exact) mass is 492 g/mol. The van der Waals surface area contributed by atoms with Crippen LogP contribution in [0.5, 0.6) is 0 Å². The van der Waals surface area contributed by atoms with Gasteiger partial charge in [-0.15, -0.1) is 0 Å². The number of piperazine rings is 1. The number of benzene rings is 2. The Balaban J connectivity index is 1.34. The van der Waals surface area contributed by atoms with Crippen LogP contribution in [0.25, 0.3) is 22.6 Å². The van der Waals surface area contributed by atoms with Crippen LogP contribution in [-0.2, 0) is 6.54 Å². The van der Waals surface area contributed by atoms with E-state index in [1.807, 2.05) is 24.3 Å². The molecule has 2 aromatic heterocycles. The van der Waals surface area contributed by atoms with Crippen molar-refractivity contribution in [2.75, 3.05) is 31.1 Å². The van der Waals surface area contributed by atoms with Gasteiger partial charge in [0, 0.05) is 55.5 Å². The summed E-state index contributed by atoms with van der Waals surface area (Å²) >= 11 is 0. The highest BCUT2D eigenvalue weighted by molar-refractivity contribution is 5.59. The SMILES string of the molecule is CC(C)N1CCN(c2nc(-c3cccc(Cn4nc(-c5cc(F)cc(F)c5)ccc4=O)c3)no2)CC1. The Hall–Kier alpha value is -3.92. The maximum Gasteiger partial charge on any atom is 0.324 e. The fourth-order valence-electron chi connectivity index (χ4n) is 4.29. The Morgan fingerprint density at radius 2 is 1.69 bits per heavy atom. The van der Waals surface area contributed by atoms with Crippen LogP contribution in [0, 0.1) is 11.6 Å². The van der Waals surface area contributed by atoms with E-state index in [9.17, 15) is 13.6 Å². The Morgan fingerprint density at radius 3 is 2.42 bits per heavy atom. The fourth-order valence-corrected chi connectivity index (χ4v) is 4.29. The highest BCUT2D eigenvalue weighted by atomic mass is 19.1. The van der Waals surface area contributed by atoms with Gasteiger partial charge in [0.2, 0.25) is 5.82 Å². The van der Waals surface area contributed by atoms with Gasteiger partial charge in [0.15, 0.2) is 0 Å². The van der Waals surface area contributed by atoms with Gasteiger partial charge in [-0.25, -0.2) is 13.5 Å². The van der Waals surface area contributed by atoms with E-state index in [1.54, 1.807) is 0 Å². The minimum Gasteiger partial charge on any atom is -0.322 e. The molecule has 0 radical (unpaired) electrons. The standard InChI is InChI=1S/C26H26F2N6O2/c1-17(2)32-8-10-33(11-9-32)26-29-25(31-36-26)19-5-3-4-18(12-19)16-34-24(35)7-6-23(30-34)20-13-21(27)15-22(28)14-20/h3-7,12-15,17H,8-11,16H2,1-2H3. The molecule has 1 aliphatic heterocycles. The van der Waals surface area contributed by atoms with Gasteiger partial charge in [0.1, 0.15) is 11.6 Å². The topological polar surface area (TPSA) is 80.3 Å². The molecule has 186 valence electrons. The lowest BCUT2D eigenvalue weighted by Gasteiger charge is -2.35. The molecule has 0 spiro atoms. The first-order valence-electron chi connectivity index (χ1n) is 11.8. The summed E-state index contributed by atoms with van der Waals surface area (Å²) in [6, 6.07) is 14.4. The summed E-state index contributed by atoms with van der Waals surface area (Å²) in [6.45, 7) is 8.06. The first kappa shape index (κ1) is 23.8. The lowest BCUT2D eigenvalue weighted by molar-refractivity contribution is 0.204. The van der Waals surface area contributed by atoms with Crippen molar-refractivity contribution >= 4 is 6.01 Å². The van der Waals surface area contributed by atoms with Crippen molar-refractivity contribution in [3.63, 3.8) is 0 Å². The lowest BCUT2D eigenvalue weighted by Crippen LogP contribution is -2.49. The number of halogens is 2. The minimum absolute atomic E-state index is 0.167. The van der Waals surface area contributed by atoms with Gasteiger partial charge in [-0.2, -0.15) is 10.1 Å².